The van der Waals surface area contributed by atoms with Crippen LogP contribution >= 0.6 is 11.8 Å². The molecule has 2 bridgehead atoms. The summed E-state index contributed by atoms with van der Waals surface area (Å²) >= 11 is 1.60. The molecule has 3 saturated heterocycles. The Morgan fingerprint density at radius 1 is 1.00 bits per heavy atom. The minimum atomic E-state index is -0.878. The number of para-hydroxylation sites is 2. The van der Waals surface area contributed by atoms with Crippen LogP contribution in [0.4, 0.5) is 5.69 Å². The number of nitrogens with one attached hydrogen (secondary N) is 2. The van der Waals surface area contributed by atoms with Gasteiger partial charge in [0.25, 0.3) is 0 Å². The molecule has 3 amide bonds. The third kappa shape index (κ3) is 4.57. The molecule has 4 heterocycles. The Hall–Kier alpha value is -4.22. The molecule has 7 rings (SSSR count). The smallest absolute Gasteiger partial charge is 0.245 e. The van der Waals surface area contributed by atoms with Gasteiger partial charge in [-0.1, -0.05) is 65.9 Å². The average Bonchev–Trinajstić information content (AvgIpc) is 3.75. The van der Waals surface area contributed by atoms with Crippen molar-refractivity contribution in [2.24, 2.45) is 11.8 Å². The lowest BCUT2D eigenvalue weighted by Gasteiger charge is -2.37. The number of hydrogen-bond acceptors (Lipinski definition) is 7. The number of nitrogens with zero attached hydrogens (tertiary/aromatic N) is 4. The predicted molar refractivity (Wildman–Crippen MR) is 167 cm³/mol. The molecule has 2 unspecified atom stereocenters. The van der Waals surface area contributed by atoms with Crippen LogP contribution in [-0.2, 0) is 27.5 Å². The number of rotatable bonds is 9. The summed E-state index contributed by atoms with van der Waals surface area (Å²) in [5.74, 6) is -2.14. The highest BCUT2D eigenvalue weighted by Gasteiger charge is 2.77. The summed E-state index contributed by atoms with van der Waals surface area (Å²) in [6.45, 7) is 1.80. The summed E-state index contributed by atoms with van der Waals surface area (Å²) in [5, 5.41) is 25.1. The lowest BCUT2D eigenvalue weighted by molar-refractivity contribution is -0.142. The van der Waals surface area contributed by atoms with E-state index in [9.17, 15) is 19.5 Å². The molecule has 1 aromatic heterocycles. The van der Waals surface area contributed by atoms with Crippen LogP contribution in [0, 0.1) is 11.8 Å². The Kier molecular flexibility index (Phi) is 7.17. The number of thioether (sulfide) groups is 1. The lowest BCUT2D eigenvalue weighted by atomic mass is 9.66. The van der Waals surface area contributed by atoms with Crippen molar-refractivity contribution in [2.45, 2.75) is 54.4 Å². The van der Waals surface area contributed by atoms with Crippen molar-refractivity contribution in [3.05, 3.63) is 90.5 Å². The van der Waals surface area contributed by atoms with E-state index in [1.807, 2.05) is 91.9 Å². The number of fused-ring (bicyclic) bond motifs is 2. The molecule has 4 aromatic rings. The number of carbonyl (C=O) groups excluding carboxylic acids is 3. The zero-order valence-corrected chi connectivity index (χ0v) is 25.1. The standard InChI is InChI=1S/C33H34N6O4S/c1-32-16-17-33(44-32)27(26(32)29(41)35-22-12-6-3-7-13-22)31(43)39(23(19-40)18-21-10-4-2-5-11-21)28(33)30(42)34-20-38-25-15-9-8-14-24(25)36-37-38/h2-15,23,26-28,40H,16-20H2,1H3,(H,34,42)(H,35,41)/t23-,26-,27+,28?,32+,33?/m1/s1. The quantitative estimate of drug-likeness (QED) is 0.265. The van der Waals surface area contributed by atoms with Gasteiger partial charge in [-0.2, -0.15) is 0 Å². The monoisotopic (exact) mass is 610 g/mol. The van der Waals surface area contributed by atoms with Crippen molar-refractivity contribution in [2.75, 3.05) is 11.9 Å². The van der Waals surface area contributed by atoms with E-state index in [0.29, 0.717) is 30.5 Å². The van der Waals surface area contributed by atoms with E-state index in [1.54, 1.807) is 21.3 Å². The van der Waals surface area contributed by atoms with Crippen LogP contribution in [0.1, 0.15) is 25.3 Å². The maximum Gasteiger partial charge on any atom is 0.245 e. The number of aliphatic hydroxyl groups excluding tert-OH is 1. The second-order valence-corrected chi connectivity index (χ2v) is 14.0. The van der Waals surface area contributed by atoms with E-state index in [0.717, 1.165) is 11.1 Å². The molecule has 0 radical (unpaired) electrons. The van der Waals surface area contributed by atoms with Crippen molar-refractivity contribution in [1.29, 1.82) is 0 Å². The molecule has 3 aliphatic heterocycles. The topological polar surface area (TPSA) is 129 Å². The molecule has 3 aromatic carbocycles. The average molecular weight is 611 g/mol. The molecule has 11 heteroatoms. The highest BCUT2D eigenvalue weighted by atomic mass is 32.2. The maximum atomic E-state index is 14.6. The normalized spacial score (nSPS) is 27.8. The molecular weight excluding hydrogens is 576 g/mol. The summed E-state index contributed by atoms with van der Waals surface area (Å²) < 4.78 is 0.289. The number of benzene rings is 3. The minimum absolute atomic E-state index is 0.0704. The fourth-order valence-corrected chi connectivity index (χ4v) is 9.96. The number of hydrogen-bond donors (Lipinski definition) is 3. The highest BCUT2D eigenvalue weighted by Crippen LogP contribution is 2.71. The Bertz CT molecular complexity index is 1720. The zero-order valence-electron chi connectivity index (χ0n) is 24.3. The third-order valence-electron chi connectivity index (χ3n) is 9.53. The van der Waals surface area contributed by atoms with Gasteiger partial charge < -0.3 is 20.6 Å². The SMILES string of the molecule is C[C@@]12CCC3(S1)C(C(=O)NCn1nnc4ccccc41)N([C@@H](CO)Cc1ccccc1)C(=O)[C@@H]3[C@@H]2C(=O)Nc1ccccc1. The van der Waals surface area contributed by atoms with E-state index in [2.05, 4.69) is 20.9 Å². The van der Waals surface area contributed by atoms with Crippen LogP contribution in [-0.4, -0.2) is 70.9 Å². The molecular formula is C33H34N6O4S. The number of likely N-dealkylation sites (tertiary alicyclic amines) is 1. The fraction of sp³-hybridized carbons (Fsp3) is 0.364. The van der Waals surface area contributed by atoms with Crippen molar-refractivity contribution in [3.63, 3.8) is 0 Å². The number of amides is 3. The van der Waals surface area contributed by atoms with E-state index < -0.39 is 33.4 Å². The van der Waals surface area contributed by atoms with Crippen LogP contribution in [0.5, 0.6) is 0 Å². The van der Waals surface area contributed by atoms with E-state index in [1.165, 1.54) is 0 Å². The molecule has 3 fully saturated rings. The largest absolute Gasteiger partial charge is 0.394 e. The van der Waals surface area contributed by atoms with Crippen LogP contribution in [0.3, 0.4) is 0 Å². The molecule has 0 aliphatic carbocycles. The second kappa shape index (κ2) is 11.0. The van der Waals surface area contributed by atoms with Gasteiger partial charge in [-0.15, -0.1) is 16.9 Å². The first-order valence-corrected chi connectivity index (χ1v) is 15.8. The molecule has 0 saturated carbocycles. The molecule has 3 N–H and O–H groups in total. The summed E-state index contributed by atoms with van der Waals surface area (Å²) in [7, 11) is 0. The summed E-state index contributed by atoms with van der Waals surface area (Å²) in [6, 6.07) is 24.9. The van der Waals surface area contributed by atoms with Crippen LogP contribution < -0.4 is 10.6 Å². The fourth-order valence-electron chi connectivity index (χ4n) is 7.62. The number of aliphatic hydroxyl groups is 1. The third-order valence-corrected chi connectivity index (χ3v) is 11.5. The Morgan fingerprint density at radius 3 is 2.45 bits per heavy atom. The highest BCUT2D eigenvalue weighted by molar-refractivity contribution is 8.02. The summed E-state index contributed by atoms with van der Waals surface area (Å²) in [5.41, 5.74) is 3.11. The van der Waals surface area contributed by atoms with Gasteiger partial charge in [-0.3, -0.25) is 14.4 Å². The van der Waals surface area contributed by atoms with Gasteiger partial charge in [0.05, 0.1) is 34.7 Å². The first-order chi connectivity index (χ1) is 21.3. The summed E-state index contributed by atoms with van der Waals surface area (Å²) in [4.78, 5) is 44.5. The maximum absolute atomic E-state index is 14.6. The summed E-state index contributed by atoms with van der Waals surface area (Å²) in [6.07, 6.45) is 1.69. The molecule has 3 aliphatic rings. The number of aromatic nitrogens is 3. The first kappa shape index (κ1) is 28.5. The minimum Gasteiger partial charge on any atom is -0.394 e. The van der Waals surface area contributed by atoms with E-state index in [-0.39, 0.29) is 31.0 Å². The zero-order chi connectivity index (χ0) is 30.5. The molecule has 226 valence electrons. The van der Waals surface area contributed by atoms with Crippen LogP contribution in [0.2, 0.25) is 0 Å². The van der Waals surface area contributed by atoms with Gasteiger partial charge >= 0.3 is 0 Å². The molecule has 1 spiro atoms. The van der Waals surface area contributed by atoms with Gasteiger partial charge in [-0.25, -0.2) is 4.68 Å². The lowest BCUT2D eigenvalue weighted by Crippen LogP contribution is -2.57. The molecule has 44 heavy (non-hydrogen) atoms. The number of carbonyl (C=O) groups is 3. The number of anilines is 1. The van der Waals surface area contributed by atoms with Crippen LogP contribution in [0.15, 0.2) is 84.9 Å². The van der Waals surface area contributed by atoms with Crippen molar-refractivity contribution < 1.29 is 19.5 Å². The van der Waals surface area contributed by atoms with E-state index >= 15 is 0 Å². The Morgan fingerprint density at radius 2 is 1.70 bits per heavy atom. The first-order valence-electron chi connectivity index (χ1n) is 14.9. The van der Waals surface area contributed by atoms with Crippen molar-refractivity contribution in [1.82, 2.24) is 25.2 Å². The van der Waals surface area contributed by atoms with Gasteiger partial charge in [0.15, 0.2) is 0 Å². The van der Waals surface area contributed by atoms with E-state index in [4.69, 9.17) is 0 Å². The van der Waals surface area contributed by atoms with Gasteiger partial charge in [-0.05, 0) is 56.0 Å². The van der Waals surface area contributed by atoms with Gasteiger partial charge in [0.2, 0.25) is 17.7 Å². The Balaban J connectivity index is 1.24. The molecule has 10 nitrogen and oxygen atoms in total. The molecule has 6 atom stereocenters. The Labute approximate surface area is 259 Å². The second-order valence-electron chi connectivity index (χ2n) is 12.1. The van der Waals surface area contributed by atoms with Crippen molar-refractivity contribution in [3.8, 4) is 0 Å². The van der Waals surface area contributed by atoms with Crippen LogP contribution in [0.25, 0.3) is 11.0 Å². The van der Waals surface area contributed by atoms with Gasteiger partial charge in [0, 0.05) is 10.4 Å². The predicted octanol–water partition coefficient (Wildman–Crippen LogP) is 3.23. The van der Waals surface area contributed by atoms with Gasteiger partial charge in [0.1, 0.15) is 18.2 Å². The van der Waals surface area contributed by atoms with Crippen molar-refractivity contribution >= 4 is 46.2 Å².